The summed E-state index contributed by atoms with van der Waals surface area (Å²) in [6.45, 7) is 4.42. The van der Waals surface area contributed by atoms with E-state index in [4.69, 9.17) is 4.74 Å². The van der Waals surface area contributed by atoms with Crippen molar-refractivity contribution in [1.29, 1.82) is 0 Å². The summed E-state index contributed by atoms with van der Waals surface area (Å²) in [5.74, 6) is 0.893. The fourth-order valence-corrected chi connectivity index (χ4v) is 2.63. The number of hydrogen-bond donors (Lipinski definition) is 1. The van der Waals surface area contributed by atoms with Crippen LogP contribution in [-0.2, 0) is 10.0 Å². The van der Waals surface area contributed by atoms with E-state index >= 15 is 0 Å². The van der Waals surface area contributed by atoms with Crippen LogP contribution in [-0.4, -0.2) is 46.2 Å². The number of rotatable bonds is 7. The average molecular weight is 300 g/mol. The van der Waals surface area contributed by atoms with E-state index < -0.39 is 10.0 Å². The van der Waals surface area contributed by atoms with Crippen molar-refractivity contribution in [3.8, 4) is 5.75 Å². The van der Waals surface area contributed by atoms with E-state index in [0.717, 1.165) is 16.9 Å². The van der Waals surface area contributed by atoms with Gasteiger partial charge < -0.3 is 10.1 Å². The van der Waals surface area contributed by atoms with Gasteiger partial charge in [-0.25, -0.2) is 12.7 Å². The molecule has 1 unspecified atom stereocenters. The third kappa shape index (κ3) is 4.47. The van der Waals surface area contributed by atoms with Crippen molar-refractivity contribution in [3.63, 3.8) is 0 Å². The van der Waals surface area contributed by atoms with Crippen molar-refractivity contribution in [2.24, 2.45) is 0 Å². The molecule has 0 aromatic heterocycles. The van der Waals surface area contributed by atoms with Gasteiger partial charge in [0.25, 0.3) is 0 Å². The van der Waals surface area contributed by atoms with Gasteiger partial charge in [-0.3, -0.25) is 0 Å². The third-order valence-corrected chi connectivity index (χ3v) is 5.05. The van der Waals surface area contributed by atoms with Gasteiger partial charge in [0.15, 0.2) is 0 Å². The zero-order valence-electron chi connectivity index (χ0n) is 12.8. The lowest BCUT2D eigenvalue weighted by Gasteiger charge is -2.19. The van der Waals surface area contributed by atoms with Crippen molar-refractivity contribution >= 4 is 10.0 Å². The summed E-state index contributed by atoms with van der Waals surface area (Å²) in [6, 6.07) is 6.00. The Morgan fingerprint density at radius 1 is 1.35 bits per heavy atom. The first kappa shape index (κ1) is 16.9. The summed E-state index contributed by atoms with van der Waals surface area (Å²) in [7, 11) is 1.56. The van der Waals surface area contributed by atoms with Crippen molar-refractivity contribution in [3.05, 3.63) is 29.3 Å². The van der Waals surface area contributed by atoms with E-state index in [-0.39, 0.29) is 11.8 Å². The highest BCUT2D eigenvalue weighted by molar-refractivity contribution is 7.89. The summed E-state index contributed by atoms with van der Waals surface area (Å²) < 4.78 is 30.0. The second-order valence-electron chi connectivity index (χ2n) is 5.02. The molecule has 0 radical (unpaired) electrons. The molecule has 1 atom stereocenters. The number of benzene rings is 1. The molecule has 1 aromatic carbocycles. The molecule has 0 fully saturated rings. The van der Waals surface area contributed by atoms with E-state index in [0.29, 0.717) is 6.54 Å². The summed E-state index contributed by atoms with van der Waals surface area (Å²) in [5, 5.41) is 3.23. The highest BCUT2D eigenvalue weighted by Crippen LogP contribution is 2.25. The Bertz CT molecular complexity index is 541. The maximum atomic E-state index is 11.7. The average Bonchev–Trinajstić information content (AvgIpc) is 2.38. The van der Waals surface area contributed by atoms with Crippen LogP contribution in [0.15, 0.2) is 18.2 Å². The lowest BCUT2D eigenvalue weighted by atomic mass is 10.0. The molecule has 0 amide bonds. The minimum absolute atomic E-state index is 0.0298. The van der Waals surface area contributed by atoms with Gasteiger partial charge >= 0.3 is 0 Å². The van der Waals surface area contributed by atoms with Gasteiger partial charge in [0.05, 0.1) is 12.9 Å². The zero-order chi connectivity index (χ0) is 15.3. The molecule has 5 nitrogen and oxygen atoms in total. The van der Waals surface area contributed by atoms with Crippen LogP contribution in [0.5, 0.6) is 5.75 Å². The second-order valence-corrected chi connectivity index (χ2v) is 7.32. The van der Waals surface area contributed by atoms with Crippen LogP contribution in [0.2, 0.25) is 0 Å². The van der Waals surface area contributed by atoms with Crippen molar-refractivity contribution in [2.75, 3.05) is 33.5 Å². The van der Waals surface area contributed by atoms with Gasteiger partial charge in [-0.1, -0.05) is 17.7 Å². The van der Waals surface area contributed by atoms with Crippen LogP contribution in [0, 0.1) is 6.92 Å². The number of methoxy groups -OCH3 is 1. The Kier molecular flexibility index (Phi) is 5.98. The second kappa shape index (κ2) is 7.06. The van der Waals surface area contributed by atoms with E-state index in [1.807, 2.05) is 26.0 Å². The van der Waals surface area contributed by atoms with Gasteiger partial charge in [-0.2, -0.15) is 0 Å². The molecule has 0 saturated carbocycles. The lowest BCUT2D eigenvalue weighted by Crippen LogP contribution is -2.32. The quantitative estimate of drug-likeness (QED) is 0.830. The smallest absolute Gasteiger partial charge is 0.214 e. The van der Waals surface area contributed by atoms with Crippen LogP contribution in [0.25, 0.3) is 0 Å². The largest absolute Gasteiger partial charge is 0.496 e. The summed E-state index contributed by atoms with van der Waals surface area (Å²) in [4.78, 5) is 0. The first-order valence-corrected chi connectivity index (χ1v) is 8.17. The maximum absolute atomic E-state index is 11.7. The molecule has 0 saturated heterocycles. The SMILES string of the molecule is COc1ccc(C)cc1C(C)NCCS(=O)(=O)N(C)C. The van der Waals surface area contributed by atoms with Crippen LogP contribution < -0.4 is 10.1 Å². The molecule has 0 aliphatic carbocycles. The Morgan fingerprint density at radius 2 is 2.00 bits per heavy atom. The lowest BCUT2D eigenvalue weighted by molar-refractivity contribution is 0.402. The van der Waals surface area contributed by atoms with Gasteiger partial charge in [0.2, 0.25) is 10.0 Å². The molecule has 0 bridgehead atoms. The standard InChI is InChI=1S/C14H24N2O3S/c1-11-6-7-14(19-5)13(10-11)12(2)15-8-9-20(17,18)16(3)4/h6-7,10,12,15H,8-9H2,1-5H3. The summed E-state index contributed by atoms with van der Waals surface area (Å²) in [5.41, 5.74) is 2.19. The fourth-order valence-electron chi connectivity index (χ4n) is 1.89. The molecule has 1 aromatic rings. The highest BCUT2D eigenvalue weighted by Gasteiger charge is 2.15. The molecule has 0 heterocycles. The number of hydrogen-bond acceptors (Lipinski definition) is 4. The Balaban J connectivity index is 2.68. The molecule has 6 heteroatoms. The van der Waals surface area contributed by atoms with Gasteiger partial charge in [-0.05, 0) is 19.9 Å². The van der Waals surface area contributed by atoms with E-state index in [2.05, 4.69) is 11.4 Å². The molecule has 1 rings (SSSR count). The van der Waals surface area contributed by atoms with Crippen LogP contribution >= 0.6 is 0 Å². The Morgan fingerprint density at radius 3 is 2.55 bits per heavy atom. The Labute approximate surface area is 122 Å². The molecule has 20 heavy (non-hydrogen) atoms. The number of nitrogens with one attached hydrogen (secondary N) is 1. The van der Waals surface area contributed by atoms with Crippen molar-refractivity contribution in [2.45, 2.75) is 19.9 Å². The maximum Gasteiger partial charge on any atom is 0.214 e. The number of sulfonamides is 1. The molecule has 114 valence electrons. The van der Waals surface area contributed by atoms with Crippen LogP contribution in [0.1, 0.15) is 24.1 Å². The predicted octanol–water partition coefficient (Wildman–Crippen LogP) is 1.55. The third-order valence-electron chi connectivity index (χ3n) is 3.22. The highest BCUT2D eigenvalue weighted by atomic mass is 32.2. The number of aryl methyl sites for hydroxylation is 1. The predicted molar refractivity (Wildman–Crippen MR) is 81.6 cm³/mol. The molecule has 0 aliphatic rings. The van der Waals surface area contributed by atoms with Crippen molar-refractivity contribution < 1.29 is 13.2 Å². The minimum Gasteiger partial charge on any atom is -0.496 e. The number of ether oxygens (including phenoxy) is 1. The first-order chi connectivity index (χ1) is 9.27. The number of nitrogens with zero attached hydrogens (tertiary/aromatic N) is 1. The van der Waals surface area contributed by atoms with E-state index in [1.54, 1.807) is 21.2 Å². The first-order valence-electron chi connectivity index (χ1n) is 6.56. The van der Waals surface area contributed by atoms with Gasteiger partial charge in [0, 0.05) is 32.2 Å². The van der Waals surface area contributed by atoms with E-state index in [9.17, 15) is 8.42 Å². The fraction of sp³-hybridized carbons (Fsp3) is 0.571. The van der Waals surface area contributed by atoms with E-state index in [1.165, 1.54) is 4.31 Å². The zero-order valence-corrected chi connectivity index (χ0v) is 13.6. The summed E-state index contributed by atoms with van der Waals surface area (Å²) >= 11 is 0. The van der Waals surface area contributed by atoms with Crippen LogP contribution in [0.3, 0.4) is 0 Å². The molecule has 1 N–H and O–H groups in total. The van der Waals surface area contributed by atoms with Gasteiger partial charge in [-0.15, -0.1) is 0 Å². The van der Waals surface area contributed by atoms with Gasteiger partial charge in [0.1, 0.15) is 5.75 Å². The molecule has 0 aliphatic heterocycles. The normalized spacial score (nSPS) is 13.5. The molecular weight excluding hydrogens is 276 g/mol. The summed E-state index contributed by atoms with van der Waals surface area (Å²) in [6.07, 6.45) is 0. The van der Waals surface area contributed by atoms with Crippen molar-refractivity contribution in [1.82, 2.24) is 9.62 Å². The Hall–Kier alpha value is -1.11. The topological polar surface area (TPSA) is 58.6 Å². The molecular formula is C14H24N2O3S. The minimum atomic E-state index is -3.16. The molecule has 0 spiro atoms. The van der Waals surface area contributed by atoms with Crippen LogP contribution in [0.4, 0.5) is 0 Å². The monoisotopic (exact) mass is 300 g/mol.